The zero-order valence-corrected chi connectivity index (χ0v) is 22.4. The molecule has 3 aromatic carbocycles. The van der Waals surface area contributed by atoms with Crippen LogP contribution in [0.25, 0.3) is 0 Å². The fourth-order valence-electron chi connectivity index (χ4n) is 3.82. The lowest BCUT2D eigenvalue weighted by Gasteiger charge is -2.32. The third kappa shape index (κ3) is 7.10. The second-order valence-electron chi connectivity index (χ2n) is 8.47. The van der Waals surface area contributed by atoms with Crippen LogP contribution < -0.4 is 14.4 Å². The van der Waals surface area contributed by atoms with Crippen LogP contribution in [0.15, 0.2) is 83.8 Å². The number of nitrogens with one attached hydrogen (secondary N) is 1. The number of rotatable bonds is 12. The lowest BCUT2D eigenvalue weighted by atomic mass is 10.1. The highest BCUT2D eigenvalue weighted by molar-refractivity contribution is 7.92. The molecule has 0 saturated heterocycles. The molecule has 0 aliphatic carbocycles. The maximum atomic E-state index is 13.8. The van der Waals surface area contributed by atoms with Crippen LogP contribution in [0.4, 0.5) is 10.1 Å². The molecular weight excluding hydrogens is 509 g/mol. The first kappa shape index (κ1) is 28.6. The minimum atomic E-state index is -4.25. The number of sulfonamides is 1. The van der Waals surface area contributed by atoms with Crippen LogP contribution in [0.2, 0.25) is 0 Å². The van der Waals surface area contributed by atoms with Crippen LogP contribution >= 0.6 is 0 Å². The Morgan fingerprint density at radius 3 is 2.16 bits per heavy atom. The molecule has 0 radical (unpaired) electrons. The average Bonchev–Trinajstić information content (AvgIpc) is 2.91. The SMILES string of the molecule is CCNC(=O)[C@@H](C)N(Cc1ccccc1)C(=O)CN(c1ccc(F)cc1)S(=O)(=O)c1ccc(OCC)cc1. The van der Waals surface area contributed by atoms with Crippen molar-refractivity contribution in [3.05, 3.63) is 90.2 Å². The Kier molecular flexibility index (Phi) is 9.84. The Hall–Kier alpha value is -3.92. The van der Waals surface area contributed by atoms with Gasteiger partial charge in [-0.1, -0.05) is 30.3 Å². The molecule has 38 heavy (non-hydrogen) atoms. The van der Waals surface area contributed by atoms with Crippen LogP contribution in [0, 0.1) is 5.82 Å². The maximum Gasteiger partial charge on any atom is 0.264 e. The number of amides is 2. The molecule has 0 aromatic heterocycles. The lowest BCUT2D eigenvalue weighted by Crippen LogP contribution is -2.51. The van der Waals surface area contributed by atoms with Crippen molar-refractivity contribution in [2.45, 2.75) is 38.3 Å². The molecule has 3 rings (SSSR count). The molecule has 0 aliphatic heterocycles. The van der Waals surface area contributed by atoms with Gasteiger partial charge in [0.15, 0.2) is 0 Å². The van der Waals surface area contributed by atoms with Gasteiger partial charge >= 0.3 is 0 Å². The summed E-state index contributed by atoms with van der Waals surface area (Å²) in [5, 5.41) is 2.71. The fraction of sp³-hybridized carbons (Fsp3) is 0.286. The molecule has 202 valence electrons. The third-order valence-corrected chi connectivity index (χ3v) is 7.62. The van der Waals surface area contributed by atoms with Gasteiger partial charge in [0.1, 0.15) is 24.2 Å². The van der Waals surface area contributed by atoms with Crippen molar-refractivity contribution < 1.29 is 27.1 Å². The molecule has 0 fully saturated rings. The highest BCUT2D eigenvalue weighted by Gasteiger charge is 2.32. The van der Waals surface area contributed by atoms with E-state index < -0.39 is 34.3 Å². The molecule has 0 bridgehead atoms. The van der Waals surface area contributed by atoms with Gasteiger partial charge in [-0.05, 0) is 74.9 Å². The van der Waals surface area contributed by atoms with Crippen molar-refractivity contribution >= 4 is 27.5 Å². The highest BCUT2D eigenvalue weighted by atomic mass is 32.2. The average molecular weight is 542 g/mol. The van der Waals surface area contributed by atoms with Gasteiger partial charge in [-0.25, -0.2) is 12.8 Å². The molecule has 0 saturated carbocycles. The van der Waals surface area contributed by atoms with E-state index in [0.29, 0.717) is 18.9 Å². The topological polar surface area (TPSA) is 96.0 Å². The van der Waals surface area contributed by atoms with Crippen molar-refractivity contribution in [1.82, 2.24) is 10.2 Å². The number of benzene rings is 3. The predicted molar refractivity (Wildman–Crippen MR) is 144 cm³/mol. The summed E-state index contributed by atoms with van der Waals surface area (Å²) in [5.74, 6) is -0.999. The first-order valence-corrected chi connectivity index (χ1v) is 13.7. The van der Waals surface area contributed by atoms with Gasteiger partial charge in [0.25, 0.3) is 10.0 Å². The monoisotopic (exact) mass is 541 g/mol. The summed E-state index contributed by atoms with van der Waals surface area (Å²) >= 11 is 0. The Balaban J connectivity index is 2.00. The zero-order chi connectivity index (χ0) is 27.7. The summed E-state index contributed by atoms with van der Waals surface area (Å²) in [6.07, 6.45) is 0. The van der Waals surface area contributed by atoms with E-state index in [4.69, 9.17) is 4.74 Å². The largest absolute Gasteiger partial charge is 0.494 e. The minimum Gasteiger partial charge on any atom is -0.494 e. The van der Waals surface area contributed by atoms with E-state index in [1.807, 2.05) is 37.3 Å². The molecule has 3 aromatic rings. The second kappa shape index (κ2) is 13.0. The summed E-state index contributed by atoms with van der Waals surface area (Å²) in [6.45, 7) is 5.47. The quantitative estimate of drug-likeness (QED) is 0.374. The van der Waals surface area contributed by atoms with Gasteiger partial charge in [-0.15, -0.1) is 0 Å². The van der Waals surface area contributed by atoms with Crippen LogP contribution in [0.1, 0.15) is 26.3 Å². The molecule has 0 aliphatic rings. The zero-order valence-electron chi connectivity index (χ0n) is 21.6. The molecule has 0 spiro atoms. The second-order valence-corrected chi connectivity index (χ2v) is 10.3. The smallest absolute Gasteiger partial charge is 0.264 e. The Bertz CT molecular complexity index is 1320. The van der Waals surface area contributed by atoms with Crippen molar-refractivity contribution in [1.29, 1.82) is 0 Å². The van der Waals surface area contributed by atoms with Crippen LogP contribution in [-0.4, -0.2) is 50.9 Å². The highest BCUT2D eigenvalue weighted by Crippen LogP contribution is 2.26. The van der Waals surface area contributed by atoms with E-state index in [2.05, 4.69) is 5.32 Å². The molecule has 1 N–H and O–H groups in total. The van der Waals surface area contributed by atoms with Gasteiger partial charge in [-0.3, -0.25) is 13.9 Å². The van der Waals surface area contributed by atoms with Crippen molar-refractivity contribution in [2.75, 3.05) is 24.0 Å². The van der Waals surface area contributed by atoms with E-state index in [0.717, 1.165) is 22.0 Å². The minimum absolute atomic E-state index is 0.0653. The fourth-order valence-corrected chi connectivity index (χ4v) is 5.24. The molecular formula is C28H32FN3O5S. The van der Waals surface area contributed by atoms with E-state index in [-0.39, 0.29) is 23.0 Å². The van der Waals surface area contributed by atoms with Crippen molar-refractivity contribution in [2.24, 2.45) is 0 Å². The molecule has 2 amide bonds. The third-order valence-electron chi connectivity index (χ3n) is 5.83. The summed E-state index contributed by atoms with van der Waals surface area (Å²) in [7, 11) is -4.25. The Labute approximate surface area is 223 Å². The summed E-state index contributed by atoms with van der Waals surface area (Å²) in [6, 6.07) is 18.9. The lowest BCUT2D eigenvalue weighted by molar-refractivity contribution is -0.139. The Morgan fingerprint density at radius 2 is 1.58 bits per heavy atom. The first-order valence-electron chi connectivity index (χ1n) is 12.3. The summed E-state index contributed by atoms with van der Waals surface area (Å²) in [5.41, 5.74) is 0.888. The van der Waals surface area contributed by atoms with Gasteiger partial charge in [0, 0.05) is 13.1 Å². The molecule has 0 unspecified atom stereocenters. The number of halogens is 1. The first-order chi connectivity index (χ1) is 18.2. The normalized spacial score (nSPS) is 11.9. The van der Waals surface area contributed by atoms with Crippen LogP contribution in [-0.2, 0) is 26.2 Å². The van der Waals surface area contributed by atoms with Crippen LogP contribution in [0.5, 0.6) is 5.75 Å². The van der Waals surface area contributed by atoms with Crippen LogP contribution in [0.3, 0.4) is 0 Å². The number of likely N-dealkylation sites (N-methyl/N-ethyl adjacent to an activating group) is 1. The summed E-state index contributed by atoms with van der Waals surface area (Å²) < 4.78 is 47.5. The molecule has 8 nitrogen and oxygen atoms in total. The van der Waals surface area contributed by atoms with Gasteiger partial charge < -0.3 is 15.0 Å². The number of nitrogens with zero attached hydrogens (tertiary/aromatic N) is 2. The van der Waals surface area contributed by atoms with Gasteiger partial charge in [0.05, 0.1) is 17.2 Å². The van der Waals surface area contributed by atoms with E-state index in [1.54, 1.807) is 13.8 Å². The predicted octanol–water partition coefficient (Wildman–Crippen LogP) is 3.97. The van der Waals surface area contributed by atoms with Crippen molar-refractivity contribution in [3.63, 3.8) is 0 Å². The maximum absolute atomic E-state index is 13.8. The van der Waals surface area contributed by atoms with Gasteiger partial charge in [-0.2, -0.15) is 0 Å². The number of anilines is 1. The number of ether oxygens (including phenoxy) is 1. The van der Waals surface area contributed by atoms with E-state index in [9.17, 15) is 22.4 Å². The summed E-state index contributed by atoms with van der Waals surface area (Å²) in [4.78, 5) is 27.7. The number of carbonyl (C=O) groups is 2. The van der Waals surface area contributed by atoms with E-state index in [1.165, 1.54) is 41.3 Å². The molecule has 10 heteroatoms. The standard InChI is InChI=1S/C28H32FN3O5S/c1-4-30-28(34)21(3)31(19-22-9-7-6-8-10-22)27(33)20-32(24-13-11-23(29)12-14-24)38(35,36)26-17-15-25(16-18-26)37-5-2/h6-18,21H,4-5,19-20H2,1-3H3,(H,30,34)/t21-/m1/s1. The van der Waals surface area contributed by atoms with Gasteiger partial charge in [0.2, 0.25) is 11.8 Å². The van der Waals surface area contributed by atoms with Crippen molar-refractivity contribution in [3.8, 4) is 5.75 Å². The Morgan fingerprint density at radius 1 is 0.947 bits per heavy atom. The number of hydrogen-bond donors (Lipinski definition) is 1. The number of hydrogen-bond acceptors (Lipinski definition) is 5. The van der Waals surface area contributed by atoms with E-state index >= 15 is 0 Å². The number of carbonyl (C=O) groups excluding carboxylic acids is 2. The molecule has 1 atom stereocenters. The molecule has 0 heterocycles.